The van der Waals surface area contributed by atoms with E-state index >= 15 is 0 Å². The highest BCUT2D eigenvalue weighted by Gasteiger charge is 2.16. The van der Waals surface area contributed by atoms with Crippen molar-refractivity contribution in [1.29, 1.82) is 0 Å². The predicted molar refractivity (Wildman–Crippen MR) is 48.8 cm³/mol. The van der Waals surface area contributed by atoms with E-state index in [9.17, 15) is 8.42 Å². The van der Waals surface area contributed by atoms with Gasteiger partial charge in [-0.25, -0.2) is 8.42 Å². The number of hydrogen-bond acceptors (Lipinski definition) is 4. The molecule has 11 heavy (non-hydrogen) atoms. The zero-order chi connectivity index (χ0) is 8.32. The van der Waals surface area contributed by atoms with Crippen molar-refractivity contribution < 1.29 is 8.42 Å². The summed E-state index contributed by atoms with van der Waals surface area (Å²) in [5, 5.41) is 3.79. The Morgan fingerprint density at radius 3 is 2.55 bits per heavy atom. The SMILES string of the molecule is CS(=O)(=O)CCSC1CNC1. The summed E-state index contributed by atoms with van der Waals surface area (Å²) in [5.74, 6) is 1.05. The lowest BCUT2D eigenvalue weighted by Crippen LogP contribution is -2.44. The molecule has 0 spiro atoms. The van der Waals surface area contributed by atoms with Crippen molar-refractivity contribution in [3.8, 4) is 0 Å². The van der Waals surface area contributed by atoms with Crippen LogP contribution in [0.3, 0.4) is 0 Å². The average Bonchev–Trinajstić information content (AvgIpc) is 1.73. The van der Waals surface area contributed by atoms with Gasteiger partial charge in [0.25, 0.3) is 0 Å². The Hall–Kier alpha value is 0.260. The highest BCUT2D eigenvalue weighted by Crippen LogP contribution is 2.14. The van der Waals surface area contributed by atoms with Crippen molar-refractivity contribution >= 4 is 21.6 Å². The lowest BCUT2D eigenvalue weighted by Gasteiger charge is -2.26. The Balaban J connectivity index is 2.04. The lowest BCUT2D eigenvalue weighted by molar-refractivity contribution is 0.544. The highest BCUT2D eigenvalue weighted by atomic mass is 32.2. The second-order valence-corrected chi connectivity index (χ2v) is 6.45. The maximum absolute atomic E-state index is 10.7. The minimum absolute atomic E-state index is 0.314. The molecule has 0 aromatic heterocycles. The first kappa shape index (κ1) is 9.35. The molecule has 0 aromatic rings. The molecule has 1 saturated heterocycles. The molecule has 0 unspecified atom stereocenters. The van der Waals surface area contributed by atoms with E-state index in [0.717, 1.165) is 18.8 Å². The van der Waals surface area contributed by atoms with Gasteiger partial charge in [-0.05, 0) is 0 Å². The largest absolute Gasteiger partial charge is 0.314 e. The first-order valence-electron chi connectivity index (χ1n) is 3.58. The quantitative estimate of drug-likeness (QED) is 0.671. The number of rotatable bonds is 4. The minimum Gasteiger partial charge on any atom is -0.314 e. The molecule has 0 saturated carbocycles. The zero-order valence-corrected chi connectivity index (χ0v) is 8.17. The van der Waals surface area contributed by atoms with Crippen LogP contribution in [0.15, 0.2) is 0 Å². The first-order valence-corrected chi connectivity index (χ1v) is 6.69. The van der Waals surface area contributed by atoms with Gasteiger partial charge in [-0.2, -0.15) is 11.8 Å². The summed E-state index contributed by atoms with van der Waals surface area (Å²) in [7, 11) is -2.75. The molecule has 0 radical (unpaired) electrons. The predicted octanol–water partition coefficient (Wildman–Crippen LogP) is -0.264. The van der Waals surface area contributed by atoms with Crippen molar-refractivity contribution in [2.45, 2.75) is 5.25 Å². The molecule has 0 atom stereocenters. The Morgan fingerprint density at radius 2 is 2.18 bits per heavy atom. The highest BCUT2D eigenvalue weighted by molar-refractivity contribution is 8.01. The molecule has 0 aromatic carbocycles. The normalized spacial score (nSPS) is 19.7. The van der Waals surface area contributed by atoms with E-state index in [1.807, 2.05) is 0 Å². The summed E-state index contributed by atoms with van der Waals surface area (Å²) in [6.07, 6.45) is 1.28. The Bertz CT molecular complexity index is 209. The molecular formula is C6H13NO2S2. The van der Waals surface area contributed by atoms with Crippen LogP contribution in [0.2, 0.25) is 0 Å². The second-order valence-electron chi connectivity index (χ2n) is 2.78. The standard InChI is InChI=1S/C6H13NO2S2/c1-11(8,9)3-2-10-6-4-7-5-6/h6-7H,2-5H2,1H3. The number of nitrogens with one attached hydrogen (secondary N) is 1. The molecule has 1 rings (SSSR count). The van der Waals surface area contributed by atoms with E-state index in [1.165, 1.54) is 6.26 Å². The van der Waals surface area contributed by atoms with Crippen molar-refractivity contribution in [3.63, 3.8) is 0 Å². The van der Waals surface area contributed by atoms with E-state index in [-0.39, 0.29) is 0 Å². The molecule has 1 aliphatic rings. The van der Waals surface area contributed by atoms with Gasteiger partial charge < -0.3 is 5.32 Å². The summed E-state index contributed by atoms with van der Waals surface area (Å²) in [6.45, 7) is 2.07. The van der Waals surface area contributed by atoms with Crippen molar-refractivity contribution in [1.82, 2.24) is 5.32 Å². The van der Waals surface area contributed by atoms with Crippen molar-refractivity contribution in [2.75, 3.05) is 30.9 Å². The summed E-state index contributed by atoms with van der Waals surface area (Å²) in [5.41, 5.74) is 0. The van der Waals surface area contributed by atoms with Crippen LogP contribution in [0.5, 0.6) is 0 Å². The zero-order valence-electron chi connectivity index (χ0n) is 6.54. The topological polar surface area (TPSA) is 46.2 Å². The smallest absolute Gasteiger partial charge is 0.148 e. The van der Waals surface area contributed by atoms with Crippen molar-refractivity contribution in [3.05, 3.63) is 0 Å². The van der Waals surface area contributed by atoms with Gasteiger partial charge in [-0.1, -0.05) is 0 Å². The number of hydrogen-bond donors (Lipinski definition) is 1. The third-order valence-electron chi connectivity index (χ3n) is 1.55. The molecule has 3 nitrogen and oxygen atoms in total. The molecule has 0 amide bonds. The van der Waals surface area contributed by atoms with Gasteiger partial charge in [-0.15, -0.1) is 0 Å². The summed E-state index contributed by atoms with van der Waals surface area (Å²) in [6, 6.07) is 0. The van der Waals surface area contributed by atoms with Crippen LogP contribution in [0, 0.1) is 0 Å². The molecule has 1 aliphatic heterocycles. The monoisotopic (exact) mass is 195 g/mol. The van der Waals surface area contributed by atoms with Crippen LogP contribution >= 0.6 is 11.8 Å². The maximum Gasteiger partial charge on any atom is 0.148 e. The second kappa shape index (κ2) is 3.78. The lowest BCUT2D eigenvalue weighted by atomic mass is 10.3. The van der Waals surface area contributed by atoms with Gasteiger partial charge in [0, 0.05) is 30.3 Å². The summed E-state index contributed by atoms with van der Waals surface area (Å²) < 4.78 is 21.4. The van der Waals surface area contributed by atoms with E-state index in [0.29, 0.717) is 11.0 Å². The van der Waals surface area contributed by atoms with Crippen LogP contribution in [-0.4, -0.2) is 44.5 Å². The van der Waals surface area contributed by atoms with Gasteiger partial charge in [0.15, 0.2) is 0 Å². The van der Waals surface area contributed by atoms with Crippen LogP contribution in [0.1, 0.15) is 0 Å². The molecule has 0 bridgehead atoms. The average molecular weight is 195 g/mol. The van der Waals surface area contributed by atoms with Crippen LogP contribution < -0.4 is 5.32 Å². The fraction of sp³-hybridized carbons (Fsp3) is 1.00. The Morgan fingerprint density at radius 1 is 1.55 bits per heavy atom. The first-order chi connectivity index (χ1) is 5.08. The van der Waals surface area contributed by atoms with E-state index in [1.54, 1.807) is 11.8 Å². The molecule has 1 N–H and O–H groups in total. The number of thioether (sulfide) groups is 1. The minimum atomic E-state index is -2.75. The fourth-order valence-corrected chi connectivity index (χ4v) is 3.15. The molecule has 1 heterocycles. The van der Waals surface area contributed by atoms with Crippen molar-refractivity contribution in [2.24, 2.45) is 0 Å². The summed E-state index contributed by atoms with van der Waals surface area (Å²) in [4.78, 5) is 0. The van der Waals surface area contributed by atoms with E-state index < -0.39 is 9.84 Å². The number of sulfone groups is 1. The molecular weight excluding hydrogens is 182 g/mol. The third-order valence-corrected chi connectivity index (χ3v) is 4.00. The van der Waals surface area contributed by atoms with E-state index in [2.05, 4.69) is 5.32 Å². The summed E-state index contributed by atoms with van der Waals surface area (Å²) >= 11 is 1.75. The van der Waals surface area contributed by atoms with E-state index in [4.69, 9.17) is 0 Å². The maximum atomic E-state index is 10.7. The Kier molecular flexibility index (Phi) is 3.21. The van der Waals surface area contributed by atoms with Gasteiger partial charge >= 0.3 is 0 Å². The molecule has 5 heteroatoms. The molecule has 66 valence electrons. The van der Waals surface area contributed by atoms with Crippen LogP contribution in [-0.2, 0) is 9.84 Å². The molecule has 1 fully saturated rings. The van der Waals surface area contributed by atoms with Gasteiger partial charge in [0.2, 0.25) is 0 Å². The third kappa shape index (κ3) is 3.98. The van der Waals surface area contributed by atoms with Gasteiger partial charge in [-0.3, -0.25) is 0 Å². The Labute approximate surface area is 71.9 Å². The van der Waals surface area contributed by atoms with Gasteiger partial charge in [0.05, 0.1) is 5.75 Å². The van der Waals surface area contributed by atoms with Crippen LogP contribution in [0.4, 0.5) is 0 Å². The molecule has 0 aliphatic carbocycles. The van der Waals surface area contributed by atoms with Crippen LogP contribution in [0.25, 0.3) is 0 Å². The fourth-order valence-electron chi connectivity index (χ4n) is 0.746. The van der Waals surface area contributed by atoms with Gasteiger partial charge in [0.1, 0.15) is 9.84 Å².